The van der Waals surface area contributed by atoms with Crippen molar-refractivity contribution in [3.05, 3.63) is 0 Å². The quantitative estimate of drug-likeness (QED) is 0.637. The average Bonchev–Trinajstić information content (AvgIpc) is 2.85. The monoisotopic (exact) mass is 324 g/mol. The molecule has 130 valence electrons. The van der Waals surface area contributed by atoms with Crippen molar-refractivity contribution < 1.29 is 19.1 Å². The number of hydrogen-bond donors (Lipinski definition) is 1. The molecule has 1 N–H and O–H groups in total. The van der Waals surface area contributed by atoms with Gasteiger partial charge < -0.3 is 19.6 Å². The van der Waals surface area contributed by atoms with E-state index < -0.39 is 0 Å². The molecule has 3 aliphatic rings. The predicted molar refractivity (Wildman–Crippen MR) is 86.1 cm³/mol. The lowest BCUT2D eigenvalue weighted by atomic mass is 9.92. The van der Waals surface area contributed by atoms with Crippen molar-refractivity contribution in [3.8, 4) is 0 Å². The normalized spacial score (nSPS) is 25.1. The van der Waals surface area contributed by atoms with Crippen LogP contribution in [0.2, 0.25) is 0 Å². The summed E-state index contributed by atoms with van der Waals surface area (Å²) in [7, 11) is 0. The molecule has 1 amide bonds. The Balaban J connectivity index is 1.34. The maximum absolute atomic E-state index is 11.9. The van der Waals surface area contributed by atoms with E-state index in [-0.39, 0.29) is 18.3 Å². The molecule has 3 fully saturated rings. The van der Waals surface area contributed by atoms with E-state index in [1.54, 1.807) is 0 Å². The predicted octanol–water partition coefficient (Wildman–Crippen LogP) is 2.52. The number of rotatable bonds is 4. The van der Waals surface area contributed by atoms with Gasteiger partial charge in [-0.25, -0.2) is 0 Å². The highest BCUT2D eigenvalue weighted by Gasteiger charge is 2.39. The van der Waals surface area contributed by atoms with Crippen LogP contribution in [0.15, 0.2) is 5.16 Å². The van der Waals surface area contributed by atoms with E-state index in [0.717, 1.165) is 44.2 Å². The smallest absolute Gasteiger partial charge is 0.260 e. The topological polar surface area (TPSA) is 69.2 Å². The Morgan fingerprint density at radius 1 is 1.13 bits per heavy atom. The molecule has 2 aliphatic carbocycles. The van der Waals surface area contributed by atoms with E-state index in [4.69, 9.17) is 14.3 Å². The van der Waals surface area contributed by atoms with Crippen LogP contribution in [0.1, 0.15) is 64.2 Å². The summed E-state index contributed by atoms with van der Waals surface area (Å²) in [6, 6.07) is 0.312. The minimum Gasteiger partial charge on any atom is -0.386 e. The summed E-state index contributed by atoms with van der Waals surface area (Å²) in [5.41, 5.74) is 0.997. The largest absolute Gasteiger partial charge is 0.386 e. The standard InChI is InChI=1S/C17H28N2O4/c20-16(18-14-5-3-1-2-4-6-14)13-23-19-15-7-9-17(10-8-15)21-11-12-22-17/h14H,1-13H2,(H,18,20). The minimum atomic E-state index is -0.379. The third kappa shape index (κ3) is 4.91. The van der Waals surface area contributed by atoms with E-state index in [1.165, 1.54) is 25.7 Å². The number of amides is 1. The van der Waals surface area contributed by atoms with Gasteiger partial charge >= 0.3 is 0 Å². The lowest BCUT2D eigenvalue weighted by Gasteiger charge is -2.31. The first-order valence-electron chi connectivity index (χ1n) is 9.01. The molecule has 0 atom stereocenters. The Morgan fingerprint density at radius 2 is 1.78 bits per heavy atom. The number of ether oxygens (including phenoxy) is 2. The van der Waals surface area contributed by atoms with Crippen LogP contribution in [0.4, 0.5) is 0 Å². The highest BCUT2D eigenvalue weighted by Crippen LogP contribution is 2.34. The SMILES string of the molecule is O=C(CON=C1CCC2(CC1)OCCO2)NC1CCCCCC1. The van der Waals surface area contributed by atoms with Gasteiger partial charge in [-0.1, -0.05) is 30.8 Å². The Morgan fingerprint density at radius 3 is 2.43 bits per heavy atom. The molecule has 6 nitrogen and oxygen atoms in total. The Kier molecular flexibility index (Phi) is 5.89. The van der Waals surface area contributed by atoms with Crippen LogP contribution in [-0.4, -0.2) is 43.3 Å². The summed E-state index contributed by atoms with van der Waals surface area (Å²) >= 11 is 0. The summed E-state index contributed by atoms with van der Waals surface area (Å²) in [4.78, 5) is 17.2. The van der Waals surface area contributed by atoms with Gasteiger partial charge in [0.05, 0.1) is 18.9 Å². The molecular weight excluding hydrogens is 296 g/mol. The second kappa shape index (κ2) is 8.11. The number of nitrogens with zero attached hydrogens (tertiary/aromatic N) is 1. The number of carbonyl (C=O) groups excluding carboxylic acids is 1. The molecule has 1 heterocycles. The second-order valence-corrected chi connectivity index (χ2v) is 6.79. The molecule has 0 aromatic rings. The van der Waals surface area contributed by atoms with Gasteiger partial charge in [-0.2, -0.15) is 0 Å². The van der Waals surface area contributed by atoms with Crippen LogP contribution < -0.4 is 5.32 Å². The third-order valence-electron chi connectivity index (χ3n) is 5.01. The van der Waals surface area contributed by atoms with Gasteiger partial charge in [-0.15, -0.1) is 0 Å². The minimum absolute atomic E-state index is 0.0120. The maximum atomic E-state index is 11.9. The van der Waals surface area contributed by atoms with Gasteiger partial charge in [0.2, 0.25) is 0 Å². The average molecular weight is 324 g/mol. The van der Waals surface area contributed by atoms with Gasteiger partial charge in [0.1, 0.15) is 0 Å². The van der Waals surface area contributed by atoms with Gasteiger partial charge in [0.25, 0.3) is 5.91 Å². The van der Waals surface area contributed by atoms with E-state index in [9.17, 15) is 4.79 Å². The van der Waals surface area contributed by atoms with Crippen LogP contribution >= 0.6 is 0 Å². The summed E-state index contributed by atoms with van der Waals surface area (Å²) in [5, 5.41) is 7.20. The lowest BCUT2D eigenvalue weighted by Crippen LogP contribution is -2.37. The molecule has 1 aliphatic heterocycles. The fourth-order valence-corrected chi connectivity index (χ4v) is 3.67. The van der Waals surface area contributed by atoms with Gasteiger partial charge in [-0.05, 0) is 25.7 Å². The fraction of sp³-hybridized carbons (Fsp3) is 0.882. The molecule has 0 bridgehead atoms. The zero-order valence-corrected chi connectivity index (χ0v) is 13.8. The third-order valence-corrected chi connectivity index (χ3v) is 5.01. The molecule has 0 aromatic carbocycles. The Bertz CT molecular complexity index is 412. The van der Waals surface area contributed by atoms with Gasteiger partial charge in [-0.3, -0.25) is 4.79 Å². The van der Waals surface area contributed by atoms with Crippen LogP contribution in [0, 0.1) is 0 Å². The number of hydrogen-bond acceptors (Lipinski definition) is 5. The van der Waals surface area contributed by atoms with Crippen molar-refractivity contribution in [3.63, 3.8) is 0 Å². The van der Waals surface area contributed by atoms with Crippen LogP contribution in [0.5, 0.6) is 0 Å². The van der Waals surface area contributed by atoms with Crippen molar-refractivity contribution in [1.29, 1.82) is 0 Å². The number of carbonyl (C=O) groups is 1. The zero-order chi connectivity index (χ0) is 16.0. The molecular formula is C17H28N2O4. The van der Waals surface area contributed by atoms with Gasteiger partial charge in [0.15, 0.2) is 12.4 Å². The van der Waals surface area contributed by atoms with Crippen LogP contribution in [0.3, 0.4) is 0 Å². The van der Waals surface area contributed by atoms with Crippen LogP contribution in [-0.2, 0) is 19.1 Å². The molecule has 3 rings (SSSR count). The van der Waals surface area contributed by atoms with Crippen molar-refractivity contribution in [1.82, 2.24) is 5.32 Å². The molecule has 0 radical (unpaired) electrons. The number of oxime groups is 1. The van der Waals surface area contributed by atoms with E-state index in [1.807, 2.05) is 0 Å². The molecule has 23 heavy (non-hydrogen) atoms. The van der Waals surface area contributed by atoms with Crippen molar-refractivity contribution in [2.24, 2.45) is 5.16 Å². The fourth-order valence-electron chi connectivity index (χ4n) is 3.67. The van der Waals surface area contributed by atoms with Crippen LogP contribution in [0.25, 0.3) is 0 Å². The molecule has 0 aromatic heterocycles. The lowest BCUT2D eigenvalue weighted by molar-refractivity contribution is -0.168. The molecule has 2 saturated carbocycles. The van der Waals surface area contributed by atoms with Crippen molar-refractivity contribution in [2.45, 2.75) is 76.0 Å². The molecule has 1 saturated heterocycles. The second-order valence-electron chi connectivity index (χ2n) is 6.79. The molecule has 0 unspecified atom stereocenters. The summed E-state index contributed by atoms with van der Waals surface area (Å²) < 4.78 is 11.4. The Labute approximate surface area is 137 Å². The molecule has 1 spiro atoms. The van der Waals surface area contributed by atoms with Crippen molar-refractivity contribution >= 4 is 11.6 Å². The van der Waals surface area contributed by atoms with E-state index in [2.05, 4.69) is 10.5 Å². The maximum Gasteiger partial charge on any atom is 0.260 e. The van der Waals surface area contributed by atoms with E-state index >= 15 is 0 Å². The highest BCUT2D eigenvalue weighted by atomic mass is 16.7. The zero-order valence-electron chi connectivity index (χ0n) is 13.8. The first kappa shape index (κ1) is 16.7. The van der Waals surface area contributed by atoms with Crippen molar-refractivity contribution in [2.75, 3.05) is 19.8 Å². The Hall–Kier alpha value is -1.14. The highest BCUT2D eigenvalue weighted by molar-refractivity contribution is 5.85. The summed E-state index contributed by atoms with van der Waals surface area (Å²) in [6.45, 7) is 1.38. The van der Waals surface area contributed by atoms with Gasteiger partial charge in [0, 0.05) is 18.9 Å². The van der Waals surface area contributed by atoms with E-state index in [0.29, 0.717) is 19.3 Å². The number of nitrogens with one attached hydrogen (secondary N) is 1. The summed E-state index contributed by atoms with van der Waals surface area (Å²) in [5.74, 6) is -0.438. The summed E-state index contributed by atoms with van der Waals surface area (Å²) in [6.07, 6.45) is 10.4. The molecule has 6 heteroatoms. The first-order valence-corrected chi connectivity index (χ1v) is 9.01. The first-order chi connectivity index (χ1) is 11.3.